The van der Waals surface area contributed by atoms with Gasteiger partial charge in [0.25, 0.3) is 0 Å². The molecule has 0 saturated heterocycles. The fourth-order valence-electron chi connectivity index (χ4n) is 2.61. The van der Waals surface area contributed by atoms with Crippen molar-refractivity contribution in [2.24, 2.45) is 11.3 Å². The van der Waals surface area contributed by atoms with Crippen LogP contribution in [0.4, 0.5) is 0 Å². The van der Waals surface area contributed by atoms with E-state index in [1.54, 1.807) is 0 Å². The van der Waals surface area contributed by atoms with Crippen LogP contribution in [0.3, 0.4) is 0 Å². The van der Waals surface area contributed by atoms with Crippen LogP contribution in [0.25, 0.3) is 0 Å². The molecule has 2 atom stereocenters. The van der Waals surface area contributed by atoms with Crippen molar-refractivity contribution in [1.29, 1.82) is 0 Å². The predicted octanol–water partition coefficient (Wildman–Crippen LogP) is 2.13. The molecule has 0 bridgehead atoms. The van der Waals surface area contributed by atoms with Gasteiger partial charge in [-0.15, -0.1) is 0 Å². The SMILES string of the molecule is C[C@@]1(CC(=O)O)CCCC[C@H]1CC(=O)O. The van der Waals surface area contributed by atoms with Crippen molar-refractivity contribution in [3.8, 4) is 0 Å². The first-order valence-corrected chi connectivity index (χ1v) is 5.37. The molecule has 0 spiro atoms. The highest BCUT2D eigenvalue weighted by Gasteiger charge is 2.39. The van der Waals surface area contributed by atoms with Gasteiger partial charge in [0.15, 0.2) is 0 Å². The Bertz CT molecular complexity index is 261. The number of aliphatic carboxylic acids is 2. The number of hydrogen-bond donors (Lipinski definition) is 2. The number of hydrogen-bond acceptors (Lipinski definition) is 2. The molecule has 0 aliphatic heterocycles. The fraction of sp³-hybridized carbons (Fsp3) is 0.818. The average molecular weight is 214 g/mol. The second kappa shape index (κ2) is 4.64. The van der Waals surface area contributed by atoms with Crippen LogP contribution in [0, 0.1) is 11.3 Å². The van der Waals surface area contributed by atoms with Gasteiger partial charge in [-0.05, 0) is 24.2 Å². The molecule has 1 fully saturated rings. The molecular formula is C11H18O4. The first-order chi connectivity index (χ1) is 6.94. The van der Waals surface area contributed by atoms with Crippen molar-refractivity contribution < 1.29 is 19.8 Å². The Balaban J connectivity index is 2.71. The Morgan fingerprint density at radius 1 is 1.27 bits per heavy atom. The lowest BCUT2D eigenvalue weighted by atomic mass is 9.64. The second-order valence-corrected chi connectivity index (χ2v) is 4.77. The summed E-state index contributed by atoms with van der Waals surface area (Å²) in [6.07, 6.45) is 3.90. The molecule has 0 radical (unpaired) electrons. The van der Waals surface area contributed by atoms with Crippen molar-refractivity contribution in [2.45, 2.75) is 45.4 Å². The van der Waals surface area contributed by atoms with E-state index in [4.69, 9.17) is 10.2 Å². The van der Waals surface area contributed by atoms with Crippen molar-refractivity contribution in [2.75, 3.05) is 0 Å². The van der Waals surface area contributed by atoms with Crippen molar-refractivity contribution in [3.63, 3.8) is 0 Å². The van der Waals surface area contributed by atoms with Gasteiger partial charge in [0, 0.05) is 6.42 Å². The standard InChI is InChI=1S/C11H18O4/c1-11(7-10(14)15)5-3-2-4-8(11)6-9(12)13/h8H,2-7H2,1H3,(H,12,13)(H,14,15)/t8-,11-/m0/s1. The van der Waals surface area contributed by atoms with E-state index in [0.29, 0.717) is 0 Å². The zero-order valence-electron chi connectivity index (χ0n) is 9.03. The molecule has 15 heavy (non-hydrogen) atoms. The maximum Gasteiger partial charge on any atom is 0.303 e. The average Bonchev–Trinajstić information content (AvgIpc) is 2.07. The maximum atomic E-state index is 10.8. The van der Waals surface area contributed by atoms with Crippen LogP contribution >= 0.6 is 0 Å². The normalized spacial score (nSPS) is 31.1. The van der Waals surface area contributed by atoms with Crippen LogP contribution in [0.15, 0.2) is 0 Å². The lowest BCUT2D eigenvalue weighted by Gasteiger charge is -2.40. The van der Waals surface area contributed by atoms with Crippen LogP contribution in [0.2, 0.25) is 0 Å². The van der Waals surface area contributed by atoms with Crippen LogP contribution < -0.4 is 0 Å². The lowest BCUT2D eigenvalue weighted by Crippen LogP contribution is -2.34. The summed E-state index contributed by atoms with van der Waals surface area (Å²) < 4.78 is 0. The van der Waals surface area contributed by atoms with Gasteiger partial charge in [0.1, 0.15) is 0 Å². The summed E-state index contributed by atoms with van der Waals surface area (Å²) in [4.78, 5) is 21.5. The largest absolute Gasteiger partial charge is 0.481 e. The van der Waals surface area contributed by atoms with Gasteiger partial charge in [0.05, 0.1) is 6.42 Å². The van der Waals surface area contributed by atoms with Crippen LogP contribution in [-0.2, 0) is 9.59 Å². The molecule has 0 aromatic carbocycles. The zero-order valence-corrected chi connectivity index (χ0v) is 9.03. The second-order valence-electron chi connectivity index (χ2n) is 4.77. The van der Waals surface area contributed by atoms with E-state index in [0.717, 1.165) is 25.7 Å². The summed E-state index contributed by atoms with van der Waals surface area (Å²) in [6, 6.07) is 0. The van der Waals surface area contributed by atoms with Crippen molar-refractivity contribution in [3.05, 3.63) is 0 Å². The van der Waals surface area contributed by atoms with E-state index in [1.807, 2.05) is 6.92 Å². The lowest BCUT2D eigenvalue weighted by molar-refractivity contribution is -0.145. The topological polar surface area (TPSA) is 74.6 Å². The molecule has 0 heterocycles. The van der Waals surface area contributed by atoms with Crippen LogP contribution in [-0.4, -0.2) is 22.2 Å². The molecule has 0 unspecified atom stereocenters. The Morgan fingerprint density at radius 3 is 2.47 bits per heavy atom. The van der Waals surface area contributed by atoms with Gasteiger partial charge in [-0.1, -0.05) is 19.8 Å². The van der Waals surface area contributed by atoms with Crippen LogP contribution in [0.5, 0.6) is 0 Å². The Labute approximate surface area is 89.3 Å². The van der Waals surface area contributed by atoms with Gasteiger partial charge in [0.2, 0.25) is 0 Å². The number of carboxylic acids is 2. The Morgan fingerprint density at radius 2 is 1.93 bits per heavy atom. The van der Waals surface area contributed by atoms with E-state index in [2.05, 4.69) is 0 Å². The first kappa shape index (κ1) is 12.0. The zero-order chi connectivity index (χ0) is 11.5. The van der Waals surface area contributed by atoms with Gasteiger partial charge in [-0.2, -0.15) is 0 Å². The van der Waals surface area contributed by atoms with Crippen molar-refractivity contribution in [1.82, 2.24) is 0 Å². The summed E-state index contributed by atoms with van der Waals surface area (Å²) in [7, 11) is 0. The predicted molar refractivity (Wildman–Crippen MR) is 54.6 cm³/mol. The third-order valence-corrected chi connectivity index (χ3v) is 3.51. The van der Waals surface area contributed by atoms with Gasteiger partial charge >= 0.3 is 11.9 Å². The molecule has 1 aliphatic carbocycles. The molecule has 1 aliphatic rings. The quantitative estimate of drug-likeness (QED) is 0.751. The van der Waals surface area contributed by atoms with Gasteiger partial charge in [-0.25, -0.2) is 0 Å². The molecule has 0 amide bonds. The minimum Gasteiger partial charge on any atom is -0.481 e. The Hall–Kier alpha value is -1.06. The first-order valence-electron chi connectivity index (χ1n) is 5.37. The van der Waals surface area contributed by atoms with E-state index in [9.17, 15) is 9.59 Å². The smallest absolute Gasteiger partial charge is 0.303 e. The highest BCUT2D eigenvalue weighted by atomic mass is 16.4. The molecule has 86 valence electrons. The summed E-state index contributed by atoms with van der Waals surface area (Å²) >= 11 is 0. The van der Waals surface area contributed by atoms with E-state index < -0.39 is 11.9 Å². The van der Waals surface area contributed by atoms with Gasteiger partial charge < -0.3 is 10.2 Å². The molecule has 2 N–H and O–H groups in total. The number of rotatable bonds is 4. The molecule has 0 aromatic rings. The molecule has 0 aromatic heterocycles. The van der Waals surface area contributed by atoms with Crippen molar-refractivity contribution >= 4 is 11.9 Å². The van der Waals surface area contributed by atoms with E-state index in [-0.39, 0.29) is 24.2 Å². The van der Waals surface area contributed by atoms with Crippen LogP contribution in [0.1, 0.15) is 45.4 Å². The summed E-state index contributed by atoms with van der Waals surface area (Å²) in [5.41, 5.74) is -0.331. The third kappa shape index (κ3) is 3.22. The molecule has 1 saturated carbocycles. The van der Waals surface area contributed by atoms with E-state index >= 15 is 0 Å². The van der Waals surface area contributed by atoms with Gasteiger partial charge in [-0.3, -0.25) is 9.59 Å². The minimum atomic E-state index is -0.824. The fourth-order valence-corrected chi connectivity index (χ4v) is 2.61. The molecule has 1 rings (SSSR count). The highest BCUT2D eigenvalue weighted by Crippen LogP contribution is 2.45. The maximum absolute atomic E-state index is 10.8. The molecule has 4 nitrogen and oxygen atoms in total. The van der Waals surface area contributed by atoms with E-state index in [1.165, 1.54) is 0 Å². The number of carbonyl (C=O) groups is 2. The molecule has 4 heteroatoms. The monoisotopic (exact) mass is 214 g/mol. The third-order valence-electron chi connectivity index (χ3n) is 3.51. The molecular weight excluding hydrogens is 196 g/mol. The number of carboxylic acid groups (broad SMARTS) is 2. The Kier molecular flexibility index (Phi) is 3.72. The summed E-state index contributed by atoms with van der Waals surface area (Å²) in [5, 5.41) is 17.6. The summed E-state index contributed by atoms with van der Waals surface area (Å²) in [6.45, 7) is 1.91. The highest BCUT2D eigenvalue weighted by molar-refractivity contribution is 5.69. The minimum absolute atomic E-state index is 0.0137. The summed E-state index contributed by atoms with van der Waals surface area (Å²) in [5.74, 6) is -1.63.